The maximum absolute atomic E-state index is 13.1. The molecule has 1 saturated heterocycles. The molecular weight excluding hydrogens is 583 g/mol. The van der Waals surface area contributed by atoms with Crippen LogP contribution in [0.25, 0.3) is 16.8 Å². The Balaban J connectivity index is 1.14. The van der Waals surface area contributed by atoms with E-state index in [1.165, 1.54) is 24.3 Å². The molecule has 0 saturated carbocycles. The van der Waals surface area contributed by atoms with Crippen LogP contribution in [0.3, 0.4) is 0 Å². The average Bonchev–Trinajstić information content (AvgIpc) is 3.48. The van der Waals surface area contributed by atoms with Crippen LogP contribution >= 0.6 is 0 Å². The molecule has 0 unspecified atom stereocenters. The summed E-state index contributed by atoms with van der Waals surface area (Å²) >= 11 is 0. The summed E-state index contributed by atoms with van der Waals surface area (Å²) in [5, 5.41) is 10.7. The Morgan fingerprint density at radius 2 is 1.69 bits per heavy atom. The van der Waals surface area contributed by atoms with Crippen molar-refractivity contribution in [1.29, 1.82) is 0 Å². The largest absolute Gasteiger partial charge is 0.573 e. The van der Waals surface area contributed by atoms with Gasteiger partial charge >= 0.3 is 6.36 Å². The number of hydrogen-bond acceptors (Lipinski definition) is 7. The van der Waals surface area contributed by atoms with Gasteiger partial charge in [-0.15, -0.1) is 18.3 Å². The average molecular weight is 616 g/mol. The van der Waals surface area contributed by atoms with Crippen molar-refractivity contribution in [3.8, 4) is 17.0 Å². The van der Waals surface area contributed by atoms with Gasteiger partial charge in [0, 0.05) is 61.4 Å². The van der Waals surface area contributed by atoms with Gasteiger partial charge in [0.05, 0.1) is 5.52 Å². The molecule has 1 aliphatic heterocycles. The van der Waals surface area contributed by atoms with Crippen molar-refractivity contribution in [3.05, 3.63) is 102 Å². The van der Waals surface area contributed by atoms with E-state index in [1.807, 2.05) is 25.1 Å². The maximum atomic E-state index is 13.1. The molecule has 232 valence electrons. The Morgan fingerprint density at radius 3 is 2.40 bits per heavy atom. The van der Waals surface area contributed by atoms with Gasteiger partial charge in [-0.25, -0.2) is 9.50 Å². The lowest BCUT2D eigenvalue weighted by Crippen LogP contribution is -2.43. The van der Waals surface area contributed by atoms with Crippen molar-refractivity contribution in [2.45, 2.75) is 19.8 Å². The van der Waals surface area contributed by atoms with Gasteiger partial charge in [-0.2, -0.15) is 0 Å². The second-order valence-corrected chi connectivity index (χ2v) is 11.1. The van der Waals surface area contributed by atoms with Gasteiger partial charge in [0.2, 0.25) is 5.95 Å². The first-order chi connectivity index (χ1) is 21.6. The van der Waals surface area contributed by atoms with Gasteiger partial charge in [-0.05, 0) is 91.8 Å². The van der Waals surface area contributed by atoms with Gasteiger partial charge in [0.15, 0.2) is 0 Å². The second-order valence-electron chi connectivity index (χ2n) is 11.1. The summed E-state index contributed by atoms with van der Waals surface area (Å²) in [5.74, 6) is -0.261. The number of aryl methyl sites for hydroxylation is 1. The molecule has 3 aromatic carbocycles. The lowest BCUT2D eigenvalue weighted by Gasteiger charge is -2.32. The summed E-state index contributed by atoms with van der Waals surface area (Å²) in [6.45, 7) is 6.95. The predicted molar refractivity (Wildman–Crippen MR) is 167 cm³/mol. The monoisotopic (exact) mass is 615 g/mol. The van der Waals surface area contributed by atoms with E-state index in [9.17, 15) is 18.0 Å². The Morgan fingerprint density at radius 1 is 0.956 bits per heavy atom. The lowest BCUT2D eigenvalue weighted by molar-refractivity contribution is -0.274. The second kappa shape index (κ2) is 12.6. The zero-order valence-electron chi connectivity index (χ0n) is 24.8. The van der Waals surface area contributed by atoms with Gasteiger partial charge < -0.3 is 20.3 Å². The molecule has 6 rings (SSSR count). The number of alkyl halides is 3. The highest BCUT2D eigenvalue weighted by atomic mass is 19.4. The summed E-state index contributed by atoms with van der Waals surface area (Å²) in [5.41, 5.74) is 5.87. The van der Waals surface area contributed by atoms with Crippen molar-refractivity contribution in [1.82, 2.24) is 24.4 Å². The standard InChI is InChI=1S/C33H32F3N7O2/c1-22-5-6-23(21-42-18-16-41(2)17-19-42)20-28(22)38-31(44)25-7-11-26(12-8-25)37-32-39-30(29-4-3-15-43(29)40-32)24-9-13-27(14-10-24)45-33(34,35)36/h3-15,20H,16-19,21H2,1-2H3,(H,37,40)(H,38,44). The summed E-state index contributed by atoms with van der Waals surface area (Å²) in [7, 11) is 2.14. The SMILES string of the molecule is Cc1ccc(CN2CCN(C)CC2)cc1NC(=O)c1ccc(Nc2nc(-c3ccc(OC(F)(F)F)cc3)c3cccn3n2)cc1. The minimum atomic E-state index is -4.77. The van der Waals surface area contributed by atoms with Gasteiger partial charge in [-0.3, -0.25) is 9.69 Å². The molecular formula is C33H32F3N7O2. The van der Waals surface area contributed by atoms with Crippen LogP contribution in [-0.4, -0.2) is 69.9 Å². The molecule has 45 heavy (non-hydrogen) atoms. The van der Waals surface area contributed by atoms with Crippen molar-refractivity contribution >= 4 is 28.7 Å². The fourth-order valence-corrected chi connectivity index (χ4v) is 5.21. The van der Waals surface area contributed by atoms with Gasteiger partial charge in [0.1, 0.15) is 11.4 Å². The molecule has 0 radical (unpaired) electrons. The highest BCUT2D eigenvalue weighted by Crippen LogP contribution is 2.29. The Labute approximate surface area is 258 Å². The quantitative estimate of drug-likeness (QED) is 0.211. The minimum Gasteiger partial charge on any atom is -0.406 e. The van der Waals surface area contributed by atoms with Crippen LogP contribution in [0, 0.1) is 6.92 Å². The molecule has 5 aromatic rings. The van der Waals surface area contributed by atoms with Crippen molar-refractivity contribution < 1.29 is 22.7 Å². The molecule has 9 nitrogen and oxygen atoms in total. The normalized spacial score (nSPS) is 14.4. The molecule has 0 atom stereocenters. The van der Waals surface area contributed by atoms with E-state index in [0.717, 1.165) is 49.5 Å². The van der Waals surface area contributed by atoms with Crippen LogP contribution < -0.4 is 15.4 Å². The predicted octanol–water partition coefficient (Wildman–Crippen LogP) is 6.35. The van der Waals surface area contributed by atoms with Crippen LogP contribution in [0.15, 0.2) is 85.1 Å². The number of carbonyl (C=O) groups is 1. The van der Waals surface area contributed by atoms with Crippen molar-refractivity contribution in [2.75, 3.05) is 43.9 Å². The number of amides is 1. The van der Waals surface area contributed by atoms with Crippen LogP contribution in [-0.2, 0) is 6.54 Å². The number of rotatable bonds is 8. The number of aromatic nitrogens is 3. The first kappa shape index (κ1) is 30.1. The molecule has 12 heteroatoms. The van der Waals surface area contributed by atoms with Gasteiger partial charge in [-0.1, -0.05) is 12.1 Å². The van der Waals surface area contributed by atoms with Gasteiger partial charge in [0.25, 0.3) is 5.91 Å². The van der Waals surface area contributed by atoms with Crippen LogP contribution in [0.5, 0.6) is 5.75 Å². The first-order valence-corrected chi connectivity index (χ1v) is 14.5. The molecule has 1 amide bonds. The Hall–Kier alpha value is -4.94. The molecule has 0 spiro atoms. The highest BCUT2D eigenvalue weighted by Gasteiger charge is 2.31. The smallest absolute Gasteiger partial charge is 0.406 e. The lowest BCUT2D eigenvalue weighted by atomic mass is 10.1. The van der Waals surface area contributed by atoms with Crippen LogP contribution in [0.4, 0.5) is 30.5 Å². The first-order valence-electron chi connectivity index (χ1n) is 14.5. The molecule has 1 aliphatic rings. The van der Waals surface area contributed by atoms with E-state index in [1.54, 1.807) is 41.0 Å². The number of piperazine rings is 1. The Bertz CT molecular complexity index is 1800. The third-order valence-corrected chi connectivity index (χ3v) is 7.71. The number of ether oxygens (including phenoxy) is 1. The van der Waals surface area contributed by atoms with Crippen LogP contribution in [0.2, 0.25) is 0 Å². The number of nitrogens with zero attached hydrogens (tertiary/aromatic N) is 5. The van der Waals surface area contributed by atoms with Crippen molar-refractivity contribution in [3.63, 3.8) is 0 Å². The third-order valence-electron chi connectivity index (χ3n) is 7.71. The zero-order valence-corrected chi connectivity index (χ0v) is 24.8. The minimum absolute atomic E-state index is 0.216. The zero-order chi connectivity index (χ0) is 31.6. The summed E-state index contributed by atoms with van der Waals surface area (Å²) < 4.78 is 43.4. The van der Waals surface area contributed by atoms with E-state index >= 15 is 0 Å². The van der Waals surface area contributed by atoms with Crippen molar-refractivity contribution in [2.24, 2.45) is 0 Å². The molecule has 3 heterocycles. The number of carbonyl (C=O) groups excluding carboxylic acids is 1. The van der Waals surface area contributed by atoms with E-state index in [0.29, 0.717) is 28.0 Å². The van der Waals surface area contributed by atoms with E-state index < -0.39 is 6.36 Å². The number of anilines is 3. The number of likely N-dealkylation sites (N-methyl/N-ethyl adjacent to an activating group) is 1. The van der Waals surface area contributed by atoms with E-state index in [2.05, 4.69) is 48.4 Å². The molecule has 1 fully saturated rings. The van der Waals surface area contributed by atoms with Crippen LogP contribution in [0.1, 0.15) is 21.5 Å². The fourth-order valence-electron chi connectivity index (χ4n) is 5.21. The maximum Gasteiger partial charge on any atom is 0.573 e. The summed E-state index contributed by atoms with van der Waals surface area (Å²) in [6.07, 6.45) is -3.02. The molecule has 2 N–H and O–H groups in total. The topological polar surface area (TPSA) is 87.0 Å². The number of benzene rings is 3. The van der Waals surface area contributed by atoms with E-state index in [4.69, 9.17) is 0 Å². The number of fused-ring (bicyclic) bond motifs is 1. The molecule has 2 aromatic heterocycles. The molecule has 0 aliphatic carbocycles. The number of halogens is 3. The Kier molecular flexibility index (Phi) is 8.42. The molecule has 0 bridgehead atoms. The van der Waals surface area contributed by atoms with E-state index in [-0.39, 0.29) is 17.6 Å². The fraction of sp³-hybridized carbons (Fsp3) is 0.242. The highest BCUT2D eigenvalue weighted by molar-refractivity contribution is 6.04. The number of nitrogens with one attached hydrogen (secondary N) is 2. The summed E-state index contributed by atoms with van der Waals surface area (Å²) in [4.78, 5) is 22.5. The summed E-state index contributed by atoms with van der Waals surface area (Å²) in [6, 6.07) is 22.3. The number of hydrogen-bond donors (Lipinski definition) is 2. The third kappa shape index (κ3) is 7.41.